The van der Waals surface area contributed by atoms with Gasteiger partial charge in [-0.05, 0) is 48.9 Å². The molecule has 126 valence electrons. The van der Waals surface area contributed by atoms with Gasteiger partial charge in [0.15, 0.2) is 6.61 Å². The van der Waals surface area contributed by atoms with Crippen molar-refractivity contribution < 1.29 is 19.0 Å². The third kappa shape index (κ3) is 5.64. The molecule has 1 amide bonds. The van der Waals surface area contributed by atoms with Crippen LogP contribution in [-0.2, 0) is 4.79 Å². The van der Waals surface area contributed by atoms with E-state index in [2.05, 4.69) is 10.5 Å². The van der Waals surface area contributed by atoms with E-state index in [1.165, 1.54) is 6.21 Å². The number of hydrazone groups is 1. The first kappa shape index (κ1) is 17.3. The third-order valence-electron chi connectivity index (χ3n) is 3.00. The SMILES string of the molecule is CCOc1ccc(OCC(=O)N/N=C\c2cccc(OC)c2)cc1. The maximum atomic E-state index is 11.7. The van der Waals surface area contributed by atoms with Gasteiger partial charge < -0.3 is 14.2 Å². The summed E-state index contributed by atoms with van der Waals surface area (Å²) in [5.74, 6) is 1.73. The lowest BCUT2D eigenvalue weighted by Crippen LogP contribution is -2.24. The molecular formula is C18H20N2O4. The van der Waals surface area contributed by atoms with Crippen molar-refractivity contribution in [2.45, 2.75) is 6.92 Å². The Bertz CT molecular complexity index is 684. The van der Waals surface area contributed by atoms with E-state index in [9.17, 15) is 4.79 Å². The smallest absolute Gasteiger partial charge is 0.277 e. The van der Waals surface area contributed by atoms with Crippen molar-refractivity contribution in [1.82, 2.24) is 5.43 Å². The van der Waals surface area contributed by atoms with E-state index in [1.54, 1.807) is 31.4 Å². The molecule has 0 saturated heterocycles. The number of nitrogens with one attached hydrogen (secondary N) is 1. The summed E-state index contributed by atoms with van der Waals surface area (Å²) in [4.78, 5) is 11.7. The molecule has 6 heteroatoms. The Morgan fingerprint density at radius 1 is 1.08 bits per heavy atom. The van der Waals surface area contributed by atoms with Gasteiger partial charge in [0.2, 0.25) is 0 Å². The normalized spacial score (nSPS) is 10.4. The van der Waals surface area contributed by atoms with Gasteiger partial charge in [-0.3, -0.25) is 4.79 Å². The Kier molecular flexibility index (Phi) is 6.64. The molecule has 2 rings (SSSR count). The van der Waals surface area contributed by atoms with E-state index >= 15 is 0 Å². The van der Waals surface area contributed by atoms with Crippen molar-refractivity contribution in [2.24, 2.45) is 5.10 Å². The molecule has 1 N–H and O–H groups in total. The molecule has 0 atom stereocenters. The Hall–Kier alpha value is -3.02. The number of amides is 1. The highest BCUT2D eigenvalue weighted by Crippen LogP contribution is 2.17. The first-order valence-corrected chi connectivity index (χ1v) is 7.53. The highest BCUT2D eigenvalue weighted by atomic mass is 16.5. The number of methoxy groups -OCH3 is 1. The molecule has 24 heavy (non-hydrogen) atoms. The summed E-state index contributed by atoms with van der Waals surface area (Å²) < 4.78 is 15.8. The van der Waals surface area contributed by atoms with Crippen molar-refractivity contribution in [2.75, 3.05) is 20.3 Å². The van der Waals surface area contributed by atoms with Gasteiger partial charge in [0.1, 0.15) is 17.2 Å². The molecule has 0 bridgehead atoms. The number of carbonyl (C=O) groups excluding carboxylic acids is 1. The number of rotatable bonds is 8. The highest BCUT2D eigenvalue weighted by molar-refractivity contribution is 5.83. The van der Waals surface area contributed by atoms with E-state index in [0.717, 1.165) is 17.1 Å². The number of ether oxygens (including phenoxy) is 3. The van der Waals surface area contributed by atoms with Gasteiger partial charge in [0, 0.05) is 0 Å². The van der Waals surface area contributed by atoms with Crippen LogP contribution in [0.2, 0.25) is 0 Å². The van der Waals surface area contributed by atoms with Crippen molar-refractivity contribution in [3.8, 4) is 17.2 Å². The van der Waals surface area contributed by atoms with E-state index in [1.807, 2.05) is 31.2 Å². The highest BCUT2D eigenvalue weighted by Gasteiger charge is 2.02. The zero-order chi connectivity index (χ0) is 17.2. The first-order valence-electron chi connectivity index (χ1n) is 7.53. The molecule has 2 aromatic rings. The predicted molar refractivity (Wildman–Crippen MR) is 91.8 cm³/mol. The van der Waals surface area contributed by atoms with Crippen molar-refractivity contribution >= 4 is 12.1 Å². The molecular weight excluding hydrogens is 308 g/mol. The minimum Gasteiger partial charge on any atom is -0.497 e. The fraction of sp³-hybridized carbons (Fsp3) is 0.222. The monoisotopic (exact) mass is 328 g/mol. The zero-order valence-electron chi connectivity index (χ0n) is 13.7. The average molecular weight is 328 g/mol. The Morgan fingerprint density at radius 3 is 2.46 bits per heavy atom. The van der Waals surface area contributed by atoms with Crippen LogP contribution in [0.25, 0.3) is 0 Å². The van der Waals surface area contributed by atoms with Gasteiger partial charge in [-0.1, -0.05) is 12.1 Å². The summed E-state index contributed by atoms with van der Waals surface area (Å²) in [5.41, 5.74) is 3.23. The molecule has 0 spiro atoms. The molecule has 0 saturated carbocycles. The summed E-state index contributed by atoms with van der Waals surface area (Å²) in [6.07, 6.45) is 1.54. The Balaban J connectivity index is 1.77. The van der Waals surface area contributed by atoms with Crippen molar-refractivity contribution in [1.29, 1.82) is 0 Å². The van der Waals surface area contributed by atoms with Gasteiger partial charge in [-0.2, -0.15) is 5.10 Å². The minimum absolute atomic E-state index is 0.122. The van der Waals surface area contributed by atoms with Gasteiger partial charge in [0.05, 0.1) is 19.9 Å². The molecule has 0 aliphatic carbocycles. The van der Waals surface area contributed by atoms with E-state index in [0.29, 0.717) is 12.4 Å². The summed E-state index contributed by atoms with van der Waals surface area (Å²) in [6.45, 7) is 2.40. The van der Waals surface area contributed by atoms with Crippen LogP contribution in [0.3, 0.4) is 0 Å². The predicted octanol–water partition coefficient (Wildman–Crippen LogP) is 2.62. The van der Waals surface area contributed by atoms with Crippen LogP contribution >= 0.6 is 0 Å². The van der Waals surface area contributed by atoms with Crippen LogP contribution in [0.4, 0.5) is 0 Å². The molecule has 0 unspecified atom stereocenters. The number of hydrogen-bond donors (Lipinski definition) is 1. The van der Waals surface area contributed by atoms with Crippen LogP contribution in [0, 0.1) is 0 Å². The lowest BCUT2D eigenvalue weighted by Gasteiger charge is -2.06. The topological polar surface area (TPSA) is 69.2 Å². The summed E-state index contributed by atoms with van der Waals surface area (Å²) in [5, 5.41) is 3.89. The van der Waals surface area contributed by atoms with Crippen LogP contribution < -0.4 is 19.6 Å². The summed E-state index contributed by atoms with van der Waals surface area (Å²) >= 11 is 0. The van der Waals surface area contributed by atoms with Gasteiger partial charge in [0.25, 0.3) is 5.91 Å². The van der Waals surface area contributed by atoms with Gasteiger partial charge in [-0.25, -0.2) is 5.43 Å². The van der Waals surface area contributed by atoms with Crippen LogP contribution in [0.5, 0.6) is 17.2 Å². The van der Waals surface area contributed by atoms with Crippen molar-refractivity contribution in [3.63, 3.8) is 0 Å². The minimum atomic E-state index is -0.344. The number of hydrogen-bond acceptors (Lipinski definition) is 5. The van der Waals surface area contributed by atoms with Gasteiger partial charge >= 0.3 is 0 Å². The summed E-state index contributed by atoms with van der Waals surface area (Å²) in [7, 11) is 1.59. The van der Waals surface area contributed by atoms with E-state index in [-0.39, 0.29) is 12.5 Å². The molecule has 0 aromatic heterocycles. The molecule has 0 radical (unpaired) electrons. The van der Waals surface area contributed by atoms with Gasteiger partial charge in [-0.15, -0.1) is 0 Å². The second-order valence-electron chi connectivity index (χ2n) is 4.76. The maximum absolute atomic E-state index is 11.7. The first-order chi connectivity index (χ1) is 11.7. The second kappa shape index (κ2) is 9.19. The molecule has 6 nitrogen and oxygen atoms in total. The molecule has 0 heterocycles. The van der Waals surface area contributed by atoms with Crippen LogP contribution in [0.15, 0.2) is 53.6 Å². The van der Waals surface area contributed by atoms with Crippen molar-refractivity contribution in [3.05, 3.63) is 54.1 Å². The number of benzene rings is 2. The standard InChI is InChI=1S/C18H20N2O4/c1-3-23-15-7-9-16(10-8-15)24-13-18(21)20-19-12-14-5-4-6-17(11-14)22-2/h4-12H,3,13H2,1-2H3,(H,20,21)/b19-12-. The average Bonchev–Trinajstić information content (AvgIpc) is 2.61. The fourth-order valence-corrected chi connectivity index (χ4v) is 1.88. The lowest BCUT2D eigenvalue weighted by molar-refractivity contribution is -0.123. The Labute approximate surface area is 141 Å². The number of nitrogens with zero attached hydrogens (tertiary/aromatic N) is 1. The quantitative estimate of drug-likeness (QED) is 0.597. The zero-order valence-corrected chi connectivity index (χ0v) is 13.7. The fourth-order valence-electron chi connectivity index (χ4n) is 1.88. The number of carbonyl (C=O) groups is 1. The third-order valence-corrected chi connectivity index (χ3v) is 3.00. The van der Waals surface area contributed by atoms with Crippen LogP contribution in [0.1, 0.15) is 12.5 Å². The van der Waals surface area contributed by atoms with E-state index in [4.69, 9.17) is 14.2 Å². The summed E-state index contributed by atoms with van der Waals surface area (Å²) in [6, 6.07) is 14.4. The Morgan fingerprint density at radius 2 is 1.79 bits per heavy atom. The molecule has 0 aliphatic heterocycles. The molecule has 2 aromatic carbocycles. The maximum Gasteiger partial charge on any atom is 0.277 e. The largest absolute Gasteiger partial charge is 0.497 e. The second-order valence-corrected chi connectivity index (χ2v) is 4.76. The molecule has 0 aliphatic rings. The lowest BCUT2D eigenvalue weighted by atomic mass is 10.2. The molecule has 0 fully saturated rings. The van der Waals surface area contributed by atoms with Crippen LogP contribution in [-0.4, -0.2) is 32.4 Å². The van der Waals surface area contributed by atoms with E-state index < -0.39 is 0 Å².